The van der Waals surface area contributed by atoms with E-state index in [1.807, 2.05) is 0 Å². The van der Waals surface area contributed by atoms with Gasteiger partial charge in [-0.05, 0) is 24.6 Å². The first-order chi connectivity index (χ1) is 5.11. The van der Waals surface area contributed by atoms with Gasteiger partial charge in [0.05, 0.1) is 16.8 Å². The van der Waals surface area contributed by atoms with Gasteiger partial charge in [-0.1, -0.05) is 17.7 Å². The Morgan fingerprint density at radius 3 is 2.64 bits per heavy atom. The average molecular weight is 172 g/mol. The van der Waals surface area contributed by atoms with Gasteiger partial charge >= 0.3 is 0 Å². The maximum absolute atomic E-state index is 9.14. The van der Waals surface area contributed by atoms with Gasteiger partial charge in [0.1, 0.15) is 0 Å². The lowest BCUT2D eigenvalue weighted by atomic mass is 10.1. The molecule has 0 bridgehead atoms. The minimum absolute atomic E-state index is 0.491. The third kappa shape index (κ3) is 1.85. The minimum atomic E-state index is -0.491. The van der Waals surface area contributed by atoms with Crippen molar-refractivity contribution >= 4 is 17.3 Å². The van der Waals surface area contributed by atoms with Crippen LogP contribution in [-0.2, 0) is 0 Å². The Balaban J connectivity index is 3.05. The van der Waals surface area contributed by atoms with Gasteiger partial charge in [0.25, 0.3) is 0 Å². The summed E-state index contributed by atoms with van der Waals surface area (Å²) in [7, 11) is 0. The second-order valence-corrected chi connectivity index (χ2v) is 2.86. The Morgan fingerprint density at radius 1 is 1.55 bits per heavy atom. The molecule has 0 spiro atoms. The highest BCUT2D eigenvalue weighted by atomic mass is 35.5. The van der Waals surface area contributed by atoms with E-state index in [0.717, 1.165) is 5.56 Å². The molecule has 0 saturated carbocycles. The summed E-state index contributed by atoms with van der Waals surface area (Å²) < 4.78 is 0. The number of nitrogen functional groups attached to an aromatic ring is 1. The van der Waals surface area contributed by atoms with Gasteiger partial charge < -0.3 is 10.8 Å². The maximum Gasteiger partial charge on any atom is 0.0762 e. The van der Waals surface area contributed by atoms with Crippen LogP contribution in [0.1, 0.15) is 18.6 Å². The summed E-state index contributed by atoms with van der Waals surface area (Å²) in [6.07, 6.45) is -0.491. The van der Waals surface area contributed by atoms with Gasteiger partial charge in [-0.3, -0.25) is 0 Å². The van der Waals surface area contributed by atoms with Crippen LogP contribution in [0.25, 0.3) is 0 Å². The molecular formula is C8H10ClNO. The van der Waals surface area contributed by atoms with Crippen molar-refractivity contribution in [2.24, 2.45) is 0 Å². The Kier molecular flexibility index (Phi) is 2.37. The summed E-state index contributed by atoms with van der Waals surface area (Å²) in [5.74, 6) is 0. The van der Waals surface area contributed by atoms with Crippen molar-refractivity contribution in [2.75, 3.05) is 5.73 Å². The van der Waals surface area contributed by atoms with Crippen molar-refractivity contribution in [2.45, 2.75) is 13.0 Å². The number of anilines is 1. The van der Waals surface area contributed by atoms with Gasteiger partial charge in [-0.2, -0.15) is 0 Å². The van der Waals surface area contributed by atoms with Crippen LogP contribution in [0.3, 0.4) is 0 Å². The Morgan fingerprint density at radius 2 is 2.18 bits per heavy atom. The van der Waals surface area contributed by atoms with E-state index in [9.17, 15) is 0 Å². The first-order valence-corrected chi connectivity index (χ1v) is 3.72. The van der Waals surface area contributed by atoms with E-state index in [-0.39, 0.29) is 0 Å². The first kappa shape index (κ1) is 8.37. The second kappa shape index (κ2) is 3.11. The molecule has 3 heteroatoms. The molecule has 0 aliphatic rings. The fourth-order valence-electron chi connectivity index (χ4n) is 0.822. The largest absolute Gasteiger partial charge is 0.398 e. The number of nitrogens with two attached hydrogens (primary N) is 1. The Bertz CT molecular complexity index is 260. The van der Waals surface area contributed by atoms with Crippen molar-refractivity contribution in [3.63, 3.8) is 0 Å². The third-order valence-corrected chi connectivity index (χ3v) is 1.85. The summed E-state index contributed by atoms with van der Waals surface area (Å²) in [6, 6.07) is 5.11. The number of rotatable bonds is 1. The van der Waals surface area contributed by atoms with Gasteiger partial charge in [0, 0.05) is 0 Å². The van der Waals surface area contributed by atoms with Crippen molar-refractivity contribution < 1.29 is 5.11 Å². The SMILES string of the molecule is CC(O)c1ccc(Cl)c(N)c1. The fraction of sp³-hybridized carbons (Fsp3) is 0.250. The second-order valence-electron chi connectivity index (χ2n) is 2.46. The molecule has 0 heterocycles. The molecule has 1 unspecified atom stereocenters. The van der Waals surface area contributed by atoms with E-state index < -0.39 is 6.10 Å². The average Bonchev–Trinajstić information content (AvgIpc) is 1.94. The van der Waals surface area contributed by atoms with E-state index in [1.54, 1.807) is 25.1 Å². The number of benzene rings is 1. The van der Waals surface area contributed by atoms with E-state index in [1.165, 1.54) is 0 Å². The number of hydrogen-bond donors (Lipinski definition) is 2. The van der Waals surface area contributed by atoms with Crippen LogP contribution in [0.4, 0.5) is 5.69 Å². The highest BCUT2D eigenvalue weighted by Gasteiger charge is 2.02. The summed E-state index contributed by atoms with van der Waals surface area (Å²) in [6.45, 7) is 1.68. The van der Waals surface area contributed by atoms with Crippen LogP contribution in [0, 0.1) is 0 Å². The van der Waals surface area contributed by atoms with Crippen LogP contribution < -0.4 is 5.73 Å². The predicted molar refractivity (Wildman–Crippen MR) is 46.5 cm³/mol. The van der Waals surface area contributed by atoms with E-state index >= 15 is 0 Å². The zero-order chi connectivity index (χ0) is 8.43. The highest BCUT2D eigenvalue weighted by Crippen LogP contribution is 2.22. The standard InChI is InChI=1S/C8H10ClNO/c1-5(11)6-2-3-7(9)8(10)4-6/h2-5,11H,10H2,1H3. The van der Waals surface area contributed by atoms with Crippen molar-refractivity contribution in [3.05, 3.63) is 28.8 Å². The third-order valence-electron chi connectivity index (χ3n) is 1.50. The molecule has 0 fully saturated rings. The van der Waals surface area contributed by atoms with Crippen LogP contribution in [0.2, 0.25) is 5.02 Å². The molecule has 1 aromatic carbocycles. The smallest absolute Gasteiger partial charge is 0.0762 e. The molecule has 60 valence electrons. The molecule has 0 aliphatic heterocycles. The number of aliphatic hydroxyl groups is 1. The monoisotopic (exact) mass is 171 g/mol. The van der Waals surface area contributed by atoms with Crippen molar-refractivity contribution in [1.82, 2.24) is 0 Å². The minimum Gasteiger partial charge on any atom is -0.398 e. The van der Waals surface area contributed by atoms with Gasteiger partial charge in [-0.25, -0.2) is 0 Å². The van der Waals surface area contributed by atoms with Crippen LogP contribution in [-0.4, -0.2) is 5.11 Å². The van der Waals surface area contributed by atoms with Gasteiger partial charge in [-0.15, -0.1) is 0 Å². The van der Waals surface area contributed by atoms with Crippen LogP contribution >= 0.6 is 11.6 Å². The molecule has 0 aliphatic carbocycles. The summed E-state index contributed by atoms with van der Waals surface area (Å²) >= 11 is 5.68. The summed E-state index contributed by atoms with van der Waals surface area (Å²) in [5.41, 5.74) is 6.80. The molecule has 11 heavy (non-hydrogen) atoms. The topological polar surface area (TPSA) is 46.2 Å². The van der Waals surface area contributed by atoms with E-state index in [4.69, 9.17) is 22.4 Å². The molecule has 3 N–H and O–H groups in total. The molecular weight excluding hydrogens is 162 g/mol. The van der Waals surface area contributed by atoms with Gasteiger partial charge in [0.15, 0.2) is 0 Å². The highest BCUT2D eigenvalue weighted by molar-refractivity contribution is 6.33. The predicted octanol–water partition coefficient (Wildman–Crippen LogP) is 1.98. The number of halogens is 1. The zero-order valence-electron chi connectivity index (χ0n) is 6.21. The van der Waals surface area contributed by atoms with E-state index in [2.05, 4.69) is 0 Å². The van der Waals surface area contributed by atoms with Crippen LogP contribution in [0.15, 0.2) is 18.2 Å². The Hall–Kier alpha value is -0.730. The normalized spacial score (nSPS) is 13.0. The molecule has 2 nitrogen and oxygen atoms in total. The Labute approximate surface area is 70.6 Å². The molecule has 0 aromatic heterocycles. The molecule has 0 radical (unpaired) electrons. The summed E-state index contributed by atoms with van der Waals surface area (Å²) in [5, 5.41) is 9.66. The lowest BCUT2D eigenvalue weighted by Gasteiger charge is -2.05. The molecule has 1 aromatic rings. The zero-order valence-corrected chi connectivity index (χ0v) is 6.97. The lowest BCUT2D eigenvalue weighted by molar-refractivity contribution is 0.199. The van der Waals surface area contributed by atoms with Gasteiger partial charge in [0.2, 0.25) is 0 Å². The number of hydrogen-bond acceptors (Lipinski definition) is 2. The fourth-order valence-corrected chi connectivity index (χ4v) is 0.940. The van der Waals surface area contributed by atoms with Crippen LogP contribution in [0.5, 0.6) is 0 Å². The quantitative estimate of drug-likeness (QED) is 0.635. The molecule has 1 atom stereocenters. The van der Waals surface area contributed by atoms with E-state index in [0.29, 0.717) is 10.7 Å². The molecule has 0 saturated heterocycles. The molecule has 1 rings (SSSR count). The summed E-state index contributed by atoms with van der Waals surface area (Å²) in [4.78, 5) is 0. The number of aliphatic hydroxyl groups excluding tert-OH is 1. The maximum atomic E-state index is 9.14. The van der Waals surface area contributed by atoms with Crippen molar-refractivity contribution in [1.29, 1.82) is 0 Å². The van der Waals surface area contributed by atoms with Crippen molar-refractivity contribution in [3.8, 4) is 0 Å². The molecule has 0 amide bonds. The first-order valence-electron chi connectivity index (χ1n) is 3.34. The lowest BCUT2D eigenvalue weighted by Crippen LogP contribution is -1.93.